The highest BCUT2D eigenvalue weighted by Gasteiger charge is 1.88. The summed E-state index contributed by atoms with van der Waals surface area (Å²) in [5, 5.41) is 4.72. The van der Waals surface area contributed by atoms with Crippen LogP contribution >= 0.6 is 0 Å². The van der Waals surface area contributed by atoms with Gasteiger partial charge in [-0.15, -0.1) is 0 Å². The number of aromatic nitrogens is 1. The van der Waals surface area contributed by atoms with Gasteiger partial charge in [0, 0.05) is 12.4 Å². The van der Waals surface area contributed by atoms with Crippen molar-refractivity contribution in [3.8, 4) is 0 Å². The van der Waals surface area contributed by atoms with E-state index in [0.717, 1.165) is 5.39 Å². The summed E-state index contributed by atoms with van der Waals surface area (Å²) in [6, 6.07) is 22.9. The second-order valence-corrected chi connectivity index (χ2v) is 4.19. The maximum Gasteiger partial charge on any atom is 0.0346 e. The zero-order chi connectivity index (χ0) is 12.2. The lowest BCUT2D eigenvalue weighted by atomic mass is 10.1. The Balaban J connectivity index is 2.42. The SMILES string of the molecule is c1ccc2ccc3ccccc3cnccc2c1. The minimum atomic E-state index is 1.14. The predicted octanol–water partition coefficient (Wildman–Crippen LogP) is 4.51. The van der Waals surface area contributed by atoms with E-state index in [0.29, 0.717) is 0 Å². The molecule has 1 nitrogen and oxygen atoms in total. The predicted molar refractivity (Wildman–Crippen MR) is 76.9 cm³/mol. The first-order chi connectivity index (χ1) is 8.93. The summed E-state index contributed by atoms with van der Waals surface area (Å²) in [5.74, 6) is 0. The van der Waals surface area contributed by atoms with E-state index < -0.39 is 0 Å². The summed E-state index contributed by atoms with van der Waals surface area (Å²) in [6.07, 6.45) is 3.74. The first-order valence-corrected chi connectivity index (χ1v) is 5.99. The van der Waals surface area contributed by atoms with E-state index in [-0.39, 0.29) is 0 Å². The molecule has 0 fully saturated rings. The van der Waals surface area contributed by atoms with Gasteiger partial charge < -0.3 is 0 Å². The first-order valence-electron chi connectivity index (χ1n) is 5.99. The van der Waals surface area contributed by atoms with Crippen molar-refractivity contribution in [2.75, 3.05) is 0 Å². The number of hydrogen-bond donors (Lipinski definition) is 0. The van der Waals surface area contributed by atoms with Crippen molar-refractivity contribution in [2.24, 2.45) is 0 Å². The molecule has 0 atom stereocenters. The van der Waals surface area contributed by atoms with E-state index >= 15 is 0 Å². The Morgan fingerprint density at radius 2 is 1.00 bits per heavy atom. The van der Waals surface area contributed by atoms with Crippen LogP contribution in [0, 0.1) is 0 Å². The molecule has 0 bridgehead atoms. The summed E-state index contributed by atoms with van der Waals surface area (Å²) >= 11 is 0. The zero-order valence-electron chi connectivity index (χ0n) is 9.95. The van der Waals surface area contributed by atoms with Gasteiger partial charge in [-0.2, -0.15) is 0 Å². The molecule has 0 aliphatic heterocycles. The van der Waals surface area contributed by atoms with Gasteiger partial charge in [0.15, 0.2) is 0 Å². The molecule has 0 N–H and O–H groups in total. The average molecular weight is 231 g/mol. The Labute approximate surface area is 106 Å². The zero-order valence-corrected chi connectivity index (χ0v) is 9.95. The molecule has 0 unspecified atom stereocenters. The highest BCUT2D eigenvalue weighted by Crippen LogP contribution is 2.13. The average Bonchev–Trinajstić information content (AvgIpc) is 2.44. The number of rotatable bonds is 0. The third-order valence-corrected chi connectivity index (χ3v) is 2.99. The largest absolute Gasteiger partial charge is 0.264 e. The molecule has 0 saturated carbocycles. The fourth-order valence-electron chi connectivity index (χ4n) is 2.02. The monoisotopic (exact) mass is 231 g/mol. The van der Waals surface area contributed by atoms with Crippen LogP contribution in [-0.2, 0) is 0 Å². The smallest absolute Gasteiger partial charge is 0.0346 e. The lowest BCUT2D eigenvalue weighted by Gasteiger charge is -1.94. The maximum absolute atomic E-state index is 4.33. The third kappa shape index (κ3) is 2.16. The van der Waals surface area contributed by atoms with Crippen LogP contribution in [0.1, 0.15) is 0 Å². The number of benzene rings is 2. The van der Waals surface area contributed by atoms with Gasteiger partial charge in [-0.1, -0.05) is 60.7 Å². The van der Waals surface area contributed by atoms with Crippen molar-refractivity contribution < 1.29 is 0 Å². The fourth-order valence-corrected chi connectivity index (χ4v) is 2.02. The Kier molecular flexibility index (Phi) is 2.89. The summed E-state index contributed by atoms with van der Waals surface area (Å²) in [5.41, 5.74) is 0. The standard InChI is InChI=1S/C17H13N/c1-2-7-16-11-12-18-13-17-8-4-3-6-15(17)10-9-14(16)5-1/h1-13H. The van der Waals surface area contributed by atoms with Crippen LogP contribution in [0.25, 0.3) is 21.5 Å². The van der Waals surface area contributed by atoms with Gasteiger partial charge in [0.05, 0.1) is 0 Å². The normalized spacial score (nSPS) is 10.2. The molecule has 0 radical (unpaired) electrons. The van der Waals surface area contributed by atoms with Crippen LogP contribution < -0.4 is 0 Å². The first kappa shape index (κ1) is 10.7. The van der Waals surface area contributed by atoms with Crippen molar-refractivity contribution >= 4 is 21.5 Å². The van der Waals surface area contributed by atoms with Gasteiger partial charge in [-0.25, -0.2) is 0 Å². The van der Waals surface area contributed by atoms with E-state index in [1.54, 1.807) is 0 Å². The number of hydrogen-bond acceptors (Lipinski definition) is 1. The van der Waals surface area contributed by atoms with Crippen molar-refractivity contribution in [1.29, 1.82) is 0 Å². The fraction of sp³-hybridized carbons (Fsp3) is 0. The molecule has 1 aromatic heterocycles. The van der Waals surface area contributed by atoms with Crippen LogP contribution in [0.3, 0.4) is 0 Å². The molecule has 2 aromatic carbocycles. The van der Waals surface area contributed by atoms with Gasteiger partial charge in [0.1, 0.15) is 0 Å². The Hall–Kier alpha value is -2.41. The van der Waals surface area contributed by atoms with Gasteiger partial charge in [-0.3, -0.25) is 4.98 Å². The Morgan fingerprint density at radius 3 is 1.67 bits per heavy atom. The molecular formula is C17H13N. The summed E-state index contributed by atoms with van der Waals surface area (Å²) < 4.78 is 0. The molecule has 0 spiro atoms. The molecule has 0 aliphatic carbocycles. The molecule has 86 valence electrons. The topological polar surface area (TPSA) is 12.9 Å². The van der Waals surface area contributed by atoms with Crippen molar-refractivity contribution in [2.45, 2.75) is 0 Å². The minimum absolute atomic E-state index is 1.14. The quantitative estimate of drug-likeness (QED) is 0.554. The molecule has 0 amide bonds. The highest BCUT2D eigenvalue weighted by atomic mass is 14.6. The minimum Gasteiger partial charge on any atom is -0.264 e. The summed E-state index contributed by atoms with van der Waals surface area (Å²) in [4.78, 5) is 4.33. The van der Waals surface area contributed by atoms with E-state index in [1.807, 2.05) is 36.7 Å². The van der Waals surface area contributed by atoms with Crippen molar-refractivity contribution in [1.82, 2.24) is 4.98 Å². The lowest BCUT2D eigenvalue weighted by Crippen LogP contribution is -1.71. The van der Waals surface area contributed by atoms with Crippen molar-refractivity contribution in [3.05, 3.63) is 79.1 Å². The molecule has 1 heterocycles. The van der Waals surface area contributed by atoms with Crippen LogP contribution in [0.2, 0.25) is 0 Å². The van der Waals surface area contributed by atoms with E-state index in [9.17, 15) is 0 Å². The molecule has 1 heteroatoms. The Morgan fingerprint density at radius 1 is 0.500 bits per heavy atom. The highest BCUT2D eigenvalue weighted by molar-refractivity contribution is 5.85. The summed E-state index contributed by atoms with van der Waals surface area (Å²) in [6.45, 7) is 0. The molecule has 3 rings (SSSR count). The van der Waals surface area contributed by atoms with Gasteiger partial charge in [-0.05, 0) is 27.6 Å². The van der Waals surface area contributed by atoms with Crippen LogP contribution in [0.4, 0.5) is 0 Å². The van der Waals surface area contributed by atoms with Crippen molar-refractivity contribution in [3.63, 3.8) is 0 Å². The van der Waals surface area contributed by atoms with Gasteiger partial charge in [0.2, 0.25) is 0 Å². The Bertz CT molecular complexity index is 680. The van der Waals surface area contributed by atoms with E-state index in [1.165, 1.54) is 16.2 Å². The molecule has 0 saturated heterocycles. The van der Waals surface area contributed by atoms with Crippen LogP contribution in [0.15, 0.2) is 79.1 Å². The van der Waals surface area contributed by atoms with Gasteiger partial charge in [0.25, 0.3) is 0 Å². The van der Waals surface area contributed by atoms with Crippen LogP contribution in [-0.4, -0.2) is 4.98 Å². The number of nitrogens with zero attached hydrogens (tertiary/aromatic N) is 1. The second-order valence-electron chi connectivity index (χ2n) is 4.19. The second kappa shape index (κ2) is 4.84. The summed E-state index contributed by atoms with van der Waals surface area (Å²) in [7, 11) is 0. The van der Waals surface area contributed by atoms with Crippen LogP contribution in [0.5, 0.6) is 0 Å². The molecule has 18 heavy (non-hydrogen) atoms. The molecule has 0 aliphatic rings. The number of fused-ring (bicyclic) bond motifs is 2. The van der Waals surface area contributed by atoms with E-state index in [2.05, 4.69) is 47.4 Å². The lowest BCUT2D eigenvalue weighted by molar-refractivity contribution is 1.38. The third-order valence-electron chi connectivity index (χ3n) is 2.99. The molecular weight excluding hydrogens is 218 g/mol. The van der Waals surface area contributed by atoms with Gasteiger partial charge >= 0.3 is 0 Å². The van der Waals surface area contributed by atoms with E-state index in [4.69, 9.17) is 0 Å². The maximum atomic E-state index is 4.33. The molecule has 3 aromatic rings.